The number of carbonyl (C=O) groups is 1. The van der Waals surface area contributed by atoms with E-state index in [9.17, 15) is 9.59 Å². The molecular weight excluding hydrogens is 797 g/mol. The van der Waals surface area contributed by atoms with E-state index in [1.165, 1.54) is 4.68 Å². The third kappa shape index (κ3) is 6.93. The van der Waals surface area contributed by atoms with Gasteiger partial charge in [0.1, 0.15) is 11.6 Å². The second kappa shape index (κ2) is 12.9. The predicted octanol–water partition coefficient (Wildman–Crippen LogP) is 7.43. The number of benzene rings is 3. The minimum atomic E-state index is -0.281. The summed E-state index contributed by atoms with van der Waals surface area (Å²) in [7, 11) is 0. The molecule has 4 aromatic rings. The van der Waals surface area contributed by atoms with Crippen molar-refractivity contribution in [2.75, 3.05) is 11.9 Å². The van der Waals surface area contributed by atoms with Crippen molar-refractivity contribution in [3.05, 3.63) is 93.0 Å². The Kier molecular flexibility index (Phi) is 9.82. The van der Waals surface area contributed by atoms with Crippen LogP contribution in [0.1, 0.15) is 37.6 Å². The van der Waals surface area contributed by atoms with E-state index < -0.39 is 0 Å². The number of aromatic nitrogens is 2. The van der Waals surface area contributed by atoms with Crippen molar-refractivity contribution in [2.24, 2.45) is 5.10 Å². The molecule has 0 aliphatic carbocycles. The fraction of sp³-hybridized carbons (Fsp3) is 0.185. The highest BCUT2D eigenvalue weighted by atomic mass is 127. The molecule has 11 heteroatoms. The van der Waals surface area contributed by atoms with Gasteiger partial charge in [-0.25, -0.2) is 4.98 Å². The van der Waals surface area contributed by atoms with Crippen LogP contribution in [0.25, 0.3) is 10.9 Å². The summed E-state index contributed by atoms with van der Waals surface area (Å²) in [6, 6.07) is 16.1. The molecule has 1 atom stereocenters. The molecule has 0 spiro atoms. The van der Waals surface area contributed by atoms with Crippen molar-refractivity contribution >= 4 is 101 Å². The van der Waals surface area contributed by atoms with Gasteiger partial charge in [-0.2, -0.15) is 9.78 Å². The number of halogens is 4. The Balaban J connectivity index is 1.57. The van der Waals surface area contributed by atoms with Gasteiger partial charge in [-0.3, -0.25) is 9.59 Å². The van der Waals surface area contributed by atoms with E-state index in [0.717, 1.165) is 23.6 Å². The van der Waals surface area contributed by atoms with Gasteiger partial charge in [-0.1, -0.05) is 41.4 Å². The van der Waals surface area contributed by atoms with Gasteiger partial charge in [0.2, 0.25) is 0 Å². The zero-order chi connectivity index (χ0) is 27.4. The number of nitrogens with zero attached hydrogens (tertiary/aromatic N) is 3. The van der Waals surface area contributed by atoms with E-state index in [0.29, 0.717) is 33.2 Å². The molecule has 0 aliphatic heterocycles. The molecule has 0 aliphatic rings. The summed E-state index contributed by atoms with van der Waals surface area (Å²) in [6.07, 6.45) is 2.46. The van der Waals surface area contributed by atoms with Crippen LogP contribution in [0.2, 0.25) is 5.02 Å². The normalized spacial score (nSPS) is 12.2. The van der Waals surface area contributed by atoms with Crippen molar-refractivity contribution in [1.29, 1.82) is 0 Å². The number of amides is 1. The molecular formula is C27H22BrClI2N4O3. The highest BCUT2D eigenvalue weighted by Gasteiger charge is 2.16. The predicted molar refractivity (Wildman–Crippen MR) is 173 cm³/mol. The Bertz CT molecular complexity index is 1570. The second-order valence-corrected chi connectivity index (χ2v) is 12.1. The third-order valence-electron chi connectivity index (χ3n) is 5.70. The molecule has 4 rings (SSSR count). The summed E-state index contributed by atoms with van der Waals surface area (Å²) in [5.74, 6) is 0.976. The van der Waals surface area contributed by atoms with Crippen molar-refractivity contribution in [2.45, 2.75) is 26.2 Å². The Morgan fingerprint density at radius 2 is 1.87 bits per heavy atom. The molecule has 1 heterocycles. The molecule has 7 nitrogen and oxygen atoms in total. The lowest BCUT2D eigenvalue weighted by Crippen LogP contribution is -2.23. The Morgan fingerprint density at radius 3 is 2.53 bits per heavy atom. The maximum Gasteiger partial charge on any atom is 0.282 e. The summed E-state index contributed by atoms with van der Waals surface area (Å²) < 4.78 is 9.63. The van der Waals surface area contributed by atoms with Crippen LogP contribution in [0.15, 0.2) is 69.0 Å². The van der Waals surface area contributed by atoms with Gasteiger partial charge in [0, 0.05) is 21.1 Å². The van der Waals surface area contributed by atoms with Crippen LogP contribution in [0.4, 0.5) is 5.69 Å². The van der Waals surface area contributed by atoms with Gasteiger partial charge < -0.3 is 10.1 Å². The fourth-order valence-electron chi connectivity index (χ4n) is 3.56. The van der Waals surface area contributed by atoms with Crippen LogP contribution < -0.4 is 15.6 Å². The van der Waals surface area contributed by atoms with Crippen molar-refractivity contribution in [1.82, 2.24) is 9.66 Å². The minimum Gasteiger partial charge on any atom is -0.482 e. The summed E-state index contributed by atoms with van der Waals surface area (Å²) in [4.78, 5) is 30.4. The van der Waals surface area contributed by atoms with Gasteiger partial charge in [-0.05, 0) is 112 Å². The van der Waals surface area contributed by atoms with E-state index in [4.69, 9.17) is 21.3 Å². The molecule has 1 amide bonds. The summed E-state index contributed by atoms with van der Waals surface area (Å²) in [5.41, 5.74) is 1.85. The Hall–Kier alpha value is -2.03. The summed E-state index contributed by atoms with van der Waals surface area (Å²) in [5, 5.41) is 8.41. The van der Waals surface area contributed by atoms with Gasteiger partial charge in [-0.15, -0.1) is 0 Å². The summed E-state index contributed by atoms with van der Waals surface area (Å²) in [6.45, 7) is 3.93. The van der Waals surface area contributed by atoms with E-state index in [-0.39, 0.29) is 24.0 Å². The third-order valence-corrected chi connectivity index (χ3v) is 8.05. The smallest absolute Gasteiger partial charge is 0.282 e. The zero-order valence-electron chi connectivity index (χ0n) is 20.3. The molecule has 0 radical (unpaired) electrons. The van der Waals surface area contributed by atoms with Crippen molar-refractivity contribution < 1.29 is 9.53 Å². The summed E-state index contributed by atoms with van der Waals surface area (Å²) >= 11 is 13.6. The lowest BCUT2D eigenvalue weighted by Gasteiger charge is -2.14. The van der Waals surface area contributed by atoms with Crippen molar-refractivity contribution in [3.8, 4) is 5.75 Å². The first-order chi connectivity index (χ1) is 18.2. The zero-order valence-corrected chi connectivity index (χ0v) is 27.0. The molecule has 0 unspecified atom stereocenters. The lowest BCUT2D eigenvalue weighted by molar-refractivity contribution is -0.118. The van der Waals surface area contributed by atoms with Gasteiger partial charge in [0.15, 0.2) is 6.61 Å². The van der Waals surface area contributed by atoms with E-state index >= 15 is 0 Å². The Labute approximate surface area is 260 Å². The van der Waals surface area contributed by atoms with Gasteiger partial charge in [0.25, 0.3) is 11.5 Å². The molecule has 3 aromatic carbocycles. The number of fused-ring (bicyclic) bond motifs is 1. The van der Waals surface area contributed by atoms with E-state index in [2.05, 4.69) is 78.5 Å². The first kappa shape index (κ1) is 29.0. The monoisotopic (exact) mass is 818 g/mol. The van der Waals surface area contributed by atoms with Crippen LogP contribution in [0, 0.1) is 7.14 Å². The largest absolute Gasteiger partial charge is 0.482 e. The number of hydrogen-bond donors (Lipinski definition) is 1. The molecule has 38 heavy (non-hydrogen) atoms. The lowest BCUT2D eigenvalue weighted by atomic mass is 10.1. The van der Waals surface area contributed by atoms with Crippen LogP contribution in [-0.4, -0.2) is 28.4 Å². The molecule has 0 saturated heterocycles. The van der Waals surface area contributed by atoms with Gasteiger partial charge >= 0.3 is 0 Å². The highest BCUT2D eigenvalue weighted by Crippen LogP contribution is 2.29. The number of carbonyl (C=O) groups excluding carboxylic acids is 1. The van der Waals surface area contributed by atoms with Crippen molar-refractivity contribution in [3.63, 3.8) is 0 Å². The van der Waals surface area contributed by atoms with E-state index in [1.54, 1.807) is 36.5 Å². The van der Waals surface area contributed by atoms with E-state index in [1.807, 2.05) is 31.2 Å². The van der Waals surface area contributed by atoms with Crippen LogP contribution in [0.5, 0.6) is 5.75 Å². The maximum atomic E-state index is 13.3. The molecule has 0 bridgehead atoms. The number of ether oxygens (including phenoxy) is 1. The maximum absolute atomic E-state index is 13.3. The molecule has 1 N–H and O–H groups in total. The SMILES string of the molecule is CC[C@H](C)c1nc2ccc(Br)cc2c(=O)n1N=Cc1cc(I)c(OCC(=O)Nc2ccc(Cl)cc2)c(I)c1. The topological polar surface area (TPSA) is 85.6 Å². The second-order valence-electron chi connectivity index (χ2n) is 8.46. The first-order valence-electron chi connectivity index (χ1n) is 11.6. The fourth-order valence-corrected chi connectivity index (χ4v) is 6.18. The minimum absolute atomic E-state index is 0.0444. The molecule has 1 aromatic heterocycles. The average Bonchev–Trinajstić information content (AvgIpc) is 2.88. The quantitative estimate of drug-likeness (QED) is 0.148. The number of rotatable bonds is 8. The average molecular weight is 820 g/mol. The molecule has 196 valence electrons. The first-order valence-corrected chi connectivity index (χ1v) is 14.9. The van der Waals surface area contributed by atoms with Gasteiger partial charge in [0.05, 0.1) is 24.3 Å². The highest BCUT2D eigenvalue weighted by molar-refractivity contribution is 14.1. The number of hydrogen-bond acceptors (Lipinski definition) is 5. The van der Waals surface area contributed by atoms with Crippen LogP contribution in [-0.2, 0) is 4.79 Å². The standard InChI is InChI=1S/C27H22BrClI2N4O3/c1-3-15(2)26-34-23-9-4-17(28)12-20(23)27(37)35(26)32-13-16-10-21(30)25(22(31)11-16)38-14-24(36)33-19-7-5-18(29)6-8-19/h4-13,15H,3,14H2,1-2H3,(H,33,36)/t15-/m0/s1. The molecule has 0 saturated carbocycles. The van der Waals surface area contributed by atoms with Crippen LogP contribution >= 0.6 is 72.7 Å². The molecule has 0 fully saturated rings. The Morgan fingerprint density at radius 1 is 1.18 bits per heavy atom. The van der Waals surface area contributed by atoms with Crippen LogP contribution in [0.3, 0.4) is 0 Å². The number of anilines is 1. The number of nitrogens with one attached hydrogen (secondary N) is 1.